The molecule has 5 nitrogen and oxygen atoms in total. The van der Waals surface area contributed by atoms with Gasteiger partial charge in [-0.2, -0.15) is 0 Å². The lowest BCUT2D eigenvalue weighted by atomic mass is 10.1. The summed E-state index contributed by atoms with van der Waals surface area (Å²) in [6.45, 7) is 2.19. The van der Waals surface area contributed by atoms with E-state index in [0.717, 1.165) is 0 Å². The van der Waals surface area contributed by atoms with Crippen LogP contribution in [-0.2, 0) is 0 Å². The van der Waals surface area contributed by atoms with Gasteiger partial charge in [0.05, 0.1) is 5.69 Å². The van der Waals surface area contributed by atoms with Crippen LogP contribution >= 0.6 is 0 Å². The predicted octanol–water partition coefficient (Wildman–Crippen LogP) is 1.89. The number of rotatable bonds is 3. The number of nitrogens with zero attached hydrogens (tertiary/aromatic N) is 2. The van der Waals surface area contributed by atoms with Gasteiger partial charge in [0.25, 0.3) is 5.91 Å². The molecule has 0 aromatic heterocycles. The Morgan fingerprint density at radius 1 is 0.875 bits per heavy atom. The maximum Gasteiger partial charge on any atom is 0.253 e. The third kappa shape index (κ3) is 3.22. The van der Waals surface area contributed by atoms with Crippen molar-refractivity contribution in [1.82, 2.24) is 4.90 Å². The number of primary amides is 1. The molecule has 2 aromatic carbocycles. The van der Waals surface area contributed by atoms with Crippen LogP contribution in [0.15, 0.2) is 48.5 Å². The molecule has 2 aromatic rings. The topological polar surface area (TPSA) is 66.6 Å². The number of anilines is 1. The number of nitrogens with two attached hydrogens (primary N) is 1. The molecule has 1 aliphatic heterocycles. The van der Waals surface area contributed by atoms with E-state index in [1.807, 2.05) is 4.90 Å². The average Bonchev–Trinajstić information content (AvgIpc) is 2.62. The van der Waals surface area contributed by atoms with Crippen molar-refractivity contribution in [3.63, 3.8) is 0 Å². The standard InChI is InChI=1S/C18H18FN3O2/c19-15-3-1-2-4-16(15)21-9-11-22(12-10-21)18(24)14-7-5-13(6-8-14)17(20)23/h1-8H,9-12H2,(H2,20,23). The summed E-state index contributed by atoms with van der Waals surface area (Å²) >= 11 is 0. The van der Waals surface area contributed by atoms with Crippen molar-refractivity contribution in [3.05, 3.63) is 65.5 Å². The first kappa shape index (κ1) is 16.0. The molecule has 124 valence electrons. The summed E-state index contributed by atoms with van der Waals surface area (Å²) in [5, 5.41) is 0. The Morgan fingerprint density at radius 3 is 2.04 bits per heavy atom. The van der Waals surface area contributed by atoms with E-state index in [9.17, 15) is 14.0 Å². The summed E-state index contributed by atoms with van der Waals surface area (Å²) in [6.07, 6.45) is 0. The van der Waals surface area contributed by atoms with E-state index in [2.05, 4.69) is 0 Å². The minimum absolute atomic E-state index is 0.0980. The second kappa shape index (κ2) is 6.70. The van der Waals surface area contributed by atoms with E-state index < -0.39 is 5.91 Å². The number of carbonyl (C=O) groups excluding carboxylic acids is 2. The lowest BCUT2D eigenvalue weighted by Gasteiger charge is -2.36. The lowest BCUT2D eigenvalue weighted by Crippen LogP contribution is -2.49. The molecule has 0 saturated carbocycles. The van der Waals surface area contributed by atoms with Crippen molar-refractivity contribution < 1.29 is 14.0 Å². The first-order valence-electron chi connectivity index (χ1n) is 7.75. The minimum atomic E-state index is -0.521. The first-order chi connectivity index (χ1) is 11.6. The zero-order valence-corrected chi connectivity index (χ0v) is 13.1. The van der Waals surface area contributed by atoms with Crippen molar-refractivity contribution in [2.45, 2.75) is 0 Å². The second-order valence-electron chi connectivity index (χ2n) is 5.67. The fourth-order valence-electron chi connectivity index (χ4n) is 2.82. The molecule has 24 heavy (non-hydrogen) atoms. The molecule has 2 amide bonds. The molecule has 3 rings (SSSR count). The quantitative estimate of drug-likeness (QED) is 0.936. The largest absolute Gasteiger partial charge is 0.366 e. The SMILES string of the molecule is NC(=O)c1ccc(C(=O)N2CCN(c3ccccc3F)CC2)cc1. The van der Waals surface area contributed by atoms with Gasteiger partial charge >= 0.3 is 0 Å². The maximum atomic E-state index is 13.8. The highest BCUT2D eigenvalue weighted by molar-refractivity contribution is 5.97. The van der Waals surface area contributed by atoms with E-state index in [1.54, 1.807) is 47.4 Å². The van der Waals surface area contributed by atoms with Gasteiger partial charge in [0.1, 0.15) is 5.82 Å². The Kier molecular flexibility index (Phi) is 4.46. The fourth-order valence-corrected chi connectivity index (χ4v) is 2.82. The predicted molar refractivity (Wildman–Crippen MR) is 89.5 cm³/mol. The zero-order chi connectivity index (χ0) is 17.1. The minimum Gasteiger partial charge on any atom is -0.366 e. The van der Waals surface area contributed by atoms with Gasteiger partial charge in [0, 0.05) is 37.3 Å². The molecule has 1 aliphatic rings. The number of benzene rings is 2. The first-order valence-corrected chi connectivity index (χ1v) is 7.75. The van der Waals surface area contributed by atoms with Gasteiger partial charge in [-0.3, -0.25) is 9.59 Å². The molecule has 2 N–H and O–H groups in total. The summed E-state index contributed by atoms with van der Waals surface area (Å²) in [5.74, 6) is -0.869. The Morgan fingerprint density at radius 2 is 1.46 bits per heavy atom. The Labute approximate surface area is 139 Å². The molecular formula is C18H18FN3O2. The fraction of sp³-hybridized carbons (Fsp3) is 0.222. The van der Waals surface area contributed by atoms with Crippen LogP contribution in [0.1, 0.15) is 20.7 Å². The number of halogens is 1. The van der Waals surface area contributed by atoms with E-state index in [4.69, 9.17) is 5.73 Å². The van der Waals surface area contributed by atoms with Gasteiger partial charge in [-0.1, -0.05) is 12.1 Å². The maximum absolute atomic E-state index is 13.8. The van der Waals surface area contributed by atoms with Crippen LogP contribution in [0.4, 0.5) is 10.1 Å². The van der Waals surface area contributed by atoms with Crippen molar-refractivity contribution >= 4 is 17.5 Å². The van der Waals surface area contributed by atoms with Crippen LogP contribution in [0.3, 0.4) is 0 Å². The zero-order valence-electron chi connectivity index (χ0n) is 13.1. The molecule has 0 bridgehead atoms. The number of piperazine rings is 1. The summed E-state index contributed by atoms with van der Waals surface area (Å²) in [4.78, 5) is 27.3. The molecular weight excluding hydrogens is 309 g/mol. The van der Waals surface area contributed by atoms with Gasteiger partial charge in [-0.15, -0.1) is 0 Å². The highest BCUT2D eigenvalue weighted by Gasteiger charge is 2.23. The van der Waals surface area contributed by atoms with Crippen molar-refractivity contribution in [2.24, 2.45) is 5.73 Å². The van der Waals surface area contributed by atoms with Crippen LogP contribution in [-0.4, -0.2) is 42.9 Å². The highest BCUT2D eigenvalue weighted by atomic mass is 19.1. The smallest absolute Gasteiger partial charge is 0.253 e. The number of hydrogen-bond acceptors (Lipinski definition) is 3. The van der Waals surface area contributed by atoms with Gasteiger partial charge in [-0.25, -0.2) is 4.39 Å². The Bertz CT molecular complexity index is 753. The summed E-state index contributed by atoms with van der Waals surface area (Å²) in [7, 11) is 0. The van der Waals surface area contributed by atoms with E-state index in [-0.39, 0.29) is 11.7 Å². The number of para-hydroxylation sites is 1. The van der Waals surface area contributed by atoms with Gasteiger partial charge in [-0.05, 0) is 36.4 Å². The van der Waals surface area contributed by atoms with Crippen LogP contribution < -0.4 is 10.6 Å². The number of carbonyl (C=O) groups is 2. The lowest BCUT2D eigenvalue weighted by molar-refractivity contribution is 0.0746. The molecule has 1 saturated heterocycles. The van der Waals surface area contributed by atoms with Crippen molar-refractivity contribution in [1.29, 1.82) is 0 Å². The molecule has 6 heteroatoms. The van der Waals surface area contributed by atoms with Crippen LogP contribution in [0.5, 0.6) is 0 Å². The molecule has 1 fully saturated rings. The van der Waals surface area contributed by atoms with E-state index in [0.29, 0.717) is 43.0 Å². The Hall–Kier alpha value is -2.89. The summed E-state index contributed by atoms with van der Waals surface area (Å²) < 4.78 is 13.8. The van der Waals surface area contributed by atoms with Crippen molar-refractivity contribution in [2.75, 3.05) is 31.1 Å². The van der Waals surface area contributed by atoms with Gasteiger partial charge in [0.15, 0.2) is 0 Å². The third-order valence-corrected chi connectivity index (χ3v) is 4.18. The number of amides is 2. The molecule has 0 radical (unpaired) electrons. The molecule has 0 atom stereocenters. The monoisotopic (exact) mass is 327 g/mol. The third-order valence-electron chi connectivity index (χ3n) is 4.18. The molecule has 1 heterocycles. The van der Waals surface area contributed by atoms with Crippen LogP contribution in [0.2, 0.25) is 0 Å². The van der Waals surface area contributed by atoms with Crippen LogP contribution in [0.25, 0.3) is 0 Å². The van der Waals surface area contributed by atoms with Crippen molar-refractivity contribution in [3.8, 4) is 0 Å². The van der Waals surface area contributed by atoms with Crippen LogP contribution in [0, 0.1) is 5.82 Å². The Balaban J connectivity index is 1.65. The normalized spacial score (nSPS) is 14.5. The second-order valence-corrected chi connectivity index (χ2v) is 5.67. The number of hydrogen-bond donors (Lipinski definition) is 1. The average molecular weight is 327 g/mol. The van der Waals surface area contributed by atoms with Gasteiger partial charge in [0.2, 0.25) is 5.91 Å². The molecule has 0 unspecified atom stereocenters. The molecule has 0 aliphatic carbocycles. The van der Waals surface area contributed by atoms with Gasteiger partial charge < -0.3 is 15.5 Å². The van der Waals surface area contributed by atoms with E-state index >= 15 is 0 Å². The van der Waals surface area contributed by atoms with E-state index in [1.165, 1.54) is 6.07 Å². The molecule has 0 spiro atoms. The highest BCUT2D eigenvalue weighted by Crippen LogP contribution is 2.20. The summed E-state index contributed by atoms with van der Waals surface area (Å²) in [6, 6.07) is 12.9. The summed E-state index contributed by atoms with van der Waals surface area (Å²) in [5.41, 5.74) is 6.64.